The van der Waals surface area contributed by atoms with E-state index in [1.807, 2.05) is 20.1 Å². The molecule has 4 nitrogen and oxygen atoms in total. The van der Waals surface area contributed by atoms with Crippen LogP contribution in [0.15, 0.2) is 41.3 Å². The van der Waals surface area contributed by atoms with Crippen LogP contribution in [0.5, 0.6) is 17.2 Å². The van der Waals surface area contributed by atoms with E-state index >= 15 is 0 Å². The average Bonchev–Trinajstić information content (AvgIpc) is 2.69. The zero-order chi connectivity index (χ0) is 22.5. The van der Waals surface area contributed by atoms with Gasteiger partial charge in [0.2, 0.25) is 0 Å². The van der Waals surface area contributed by atoms with Gasteiger partial charge in [0.1, 0.15) is 17.2 Å². The maximum Gasteiger partial charge on any atom is 0.416 e. The van der Waals surface area contributed by atoms with Crippen LogP contribution in [0.2, 0.25) is 5.02 Å². The largest absolute Gasteiger partial charge is 0.480 e. The molecule has 0 N–H and O–H groups in total. The molecule has 0 aliphatic heterocycles. The standard InChI is InChI=1S/C21H23ClF3NO3S/c1-5-26(6-2)20(27)13(3)28-18-12-15(8-10-19(18)30-4)29-17-9-7-14(11-16(17)22)21(23,24)25/h7-13H,5-6H2,1-4H3. The molecule has 1 unspecified atom stereocenters. The van der Waals surface area contributed by atoms with Crippen molar-refractivity contribution < 1.29 is 27.4 Å². The molecule has 0 radical (unpaired) electrons. The molecule has 1 atom stereocenters. The van der Waals surface area contributed by atoms with E-state index in [0.29, 0.717) is 24.6 Å². The highest BCUT2D eigenvalue weighted by Crippen LogP contribution is 2.38. The van der Waals surface area contributed by atoms with Gasteiger partial charge >= 0.3 is 6.18 Å². The SMILES string of the molecule is CCN(CC)C(=O)C(C)Oc1cc(Oc2ccc(C(F)(F)F)cc2Cl)ccc1SC. The second-order valence-corrected chi connectivity index (χ2v) is 7.58. The van der Waals surface area contributed by atoms with E-state index in [1.54, 1.807) is 30.0 Å². The summed E-state index contributed by atoms with van der Waals surface area (Å²) in [4.78, 5) is 15.0. The number of hydrogen-bond donors (Lipinski definition) is 0. The van der Waals surface area contributed by atoms with Crippen molar-refractivity contribution >= 4 is 29.3 Å². The summed E-state index contributed by atoms with van der Waals surface area (Å²) in [5, 5.41) is -0.161. The van der Waals surface area contributed by atoms with Gasteiger partial charge in [0.05, 0.1) is 10.6 Å². The van der Waals surface area contributed by atoms with Crippen LogP contribution in [-0.2, 0) is 11.0 Å². The fraction of sp³-hybridized carbons (Fsp3) is 0.381. The number of likely N-dealkylation sites (N-methyl/N-ethyl adjacent to an activating group) is 1. The van der Waals surface area contributed by atoms with Crippen LogP contribution in [0.3, 0.4) is 0 Å². The minimum absolute atomic E-state index is 0.0831. The first-order valence-electron chi connectivity index (χ1n) is 9.28. The third-order valence-corrected chi connectivity index (χ3v) is 5.42. The summed E-state index contributed by atoms with van der Waals surface area (Å²) >= 11 is 7.40. The van der Waals surface area contributed by atoms with Gasteiger partial charge in [-0.2, -0.15) is 13.2 Å². The van der Waals surface area contributed by atoms with Crippen molar-refractivity contribution in [2.24, 2.45) is 0 Å². The summed E-state index contributed by atoms with van der Waals surface area (Å²) in [6.45, 7) is 6.61. The fourth-order valence-electron chi connectivity index (χ4n) is 2.73. The van der Waals surface area contributed by atoms with Gasteiger partial charge in [-0.3, -0.25) is 4.79 Å². The van der Waals surface area contributed by atoms with Crippen molar-refractivity contribution in [3.05, 3.63) is 47.0 Å². The van der Waals surface area contributed by atoms with Gasteiger partial charge in [-0.25, -0.2) is 0 Å². The highest BCUT2D eigenvalue weighted by molar-refractivity contribution is 7.98. The molecular formula is C21H23ClF3NO3S. The van der Waals surface area contributed by atoms with Gasteiger partial charge in [0, 0.05) is 24.1 Å². The topological polar surface area (TPSA) is 38.8 Å². The molecule has 1 amide bonds. The quantitative estimate of drug-likeness (QED) is 0.420. The van der Waals surface area contributed by atoms with Gasteiger partial charge in [-0.05, 0) is 57.4 Å². The number of ether oxygens (including phenoxy) is 2. The number of thioether (sulfide) groups is 1. The van der Waals surface area contributed by atoms with E-state index in [9.17, 15) is 18.0 Å². The van der Waals surface area contributed by atoms with Crippen LogP contribution in [-0.4, -0.2) is 36.3 Å². The fourth-order valence-corrected chi connectivity index (χ4v) is 3.46. The van der Waals surface area contributed by atoms with Gasteiger partial charge < -0.3 is 14.4 Å². The number of rotatable bonds is 8. The van der Waals surface area contributed by atoms with Crippen LogP contribution in [0, 0.1) is 0 Å². The summed E-state index contributed by atoms with van der Waals surface area (Å²) < 4.78 is 50.0. The highest BCUT2D eigenvalue weighted by atomic mass is 35.5. The van der Waals surface area contributed by atoms with Crippen molar-refractivity contribution in [1.82, 2.24) is 4.90 Å². The zero-order valence-electron chi connectivity index (χ0n) is 17.0. The third-order valence-electron chi connectivity index (χ3n) is 4.35. The molecular weight excluding hydrogens is 439 g/mol. The molecule has 2 rings (SSSR count). The molecule has 0 saturated carbocycles. The second-order valence-electron chi connectivity index (χ2n) is 6.33. The van der Waals surface area contributed by atoms with E-state index in [1.165, 1.54) is 17.8 Å². The van der Waals surface area contributed by atoms with Crippen molar-refractivity contribution in [1.29, 1.82) is 0 Å². The Kier molecular flexibility index (Phi) is 8.32. The Morgan fingerprint density at radius 2 is 1.80 bits per heavy atom. The average molecular weight is 462 g/mol. The minimum atomic E-state index is -4.49. The first-order valence-corrected chi connectivity index (χ1v) is 10.9. The number of carbonyl (C=O) groups excluding carboxylic acids is 1. The third kappa shape index (κ3) is 5.98. The predicted octanol–water partition coefficient (Wildman–Crippen LogP) is 6.51. The molecule has 0 saturated heterocycles. The smallest absolute Gasteiger partial charge is 0.416 e. The molecule has 0 bridgehead atoms. The lowest BCUT2D eigenvalue weighted by molar-refractivity contribution is -0.138. The Labute approximate surface area is 183 Å². The lowest BCUT2D eigenvalue weighted by Gasteiger charge is -2.24. The monoisotopic (exact) mass is 461 g/mol. The predicted molar refractivity (Wildman–Crippen MR) is 113 cm³/mol. The van der Waals surface area contributed by atoms with Crippen LogP contribution in [0.25, 0.3) is 0 Å². The highest BCUT2D eigenvalue weighted by Gasteiger charge is 2.31. The molecule has 30 heavy (non-hydrogen) atoms. The number of carbonyl (C=O) groups is 1. The van der Waals surface area contributed by atoms with Gasteiger partial charge in [0.15, 0.2) is 6.10 Å². The number of hydrogen-bond acceptors (Lipinski definition) is 4. The van der Waals surface area contributed by atoms with Gasteiger partial charge in [-0.1, -0.05) is 11.6 Å². The normalized spacial score (nSPS) is 12.4. The second kappa shape index (κ2) is 10.3. The van der Waals surface area contributed by atoms with E-state index in [4.69, 9.17) is 21.1 Å². The van der Waals surface area contributed by atoms with Crippen LogP contribution in [0.4, 0.5) is 13.2 Å². The maximum atomic E-state index is 12.8. The number of halogens is 4. The lowest BCUT2D eigenvalue weighted by atomic mass is 10.2. The molecule has 0 spiro atoms. The summed E-state index contributed by atoms with van der Waals surface area (Å²) in [7, 11) is 0. The van der Waals surface area contributed by atoms with Crippen molar-refractivity contribution in [2.45, 2.75) is 37.9 Å². The van der Waals surface area contributed by atoms with E-state index in [0.717, 1.165) is 17.0 Å². The molecule has 0 aliphatic carbocycles. The molecule has 0 heterocycles. The molecule has 2 aromatic carbocycles. The Morgan fingerprint density at radius 3 is 2.33 bits per heavy atom. The Hall–Kier alpha value is -2.06. The summed E-state index contributed by atoms with van der Waals surface area (Å²) in [5.41, 5.74) is -0.856. The van der Waals surface area contributed by atoms with Gasteiger partial charge in [0.25, 0.3) is 5.91 Å². The van der Waals surface area contributed by atoms with E-state index < -0.39 is 17.8 Å². The van der Waals surface area contributed by atoms with E-state index in [-0.39, 0.29) is 16.7 Å². The zero-order valence-corrected chi connectivity index (χ0v) is 18.6. The van der Waals surface area contributed by atoms with Crippen LogP contribution < -0.4 is 9.47 Å². The van der Waals surface area contributed by atoms with E-state index in [2.05, 4.69) is 0 Å². The number of benzene rings is 2. The Bertz CT molecular complexity index is 888. The van der Waals surface area contributed by atoms with Crippen molar-refractivity contribution in [3.63, 3.8) is 0 Å². The van der Waals surface area contributed by atoms with Crippen LogP contribution in [0.1, 0.15) is 26.3 Å². The first kappa shape index (κ1) is 24.2. The molecule has 0 aromatic heterocycles. The van der Waals surface area contributed by atoms with Crippen molar-refractivity contribution in [2.75, 3.05) is 19.3 Å². The van der Waals surface area contributed by atoms with Crippen LogP contribution >= 0.6 is 23.4 Å². The lowest BCUT2D eigenvalue weighted by Crippen LogP contribution is -2.40. The molecule has 0 fully saturated rings. The first-order chi connectivity index (χ1) is 14.1. The molecule has 2 aromatic rings. The maximum absolute atomic E-state index is 12.8. The number of alkyl halides is 3. The summed E-state index contributed by atoms with van der Waals surface area (Å²) in [5.74, 6) is 0.715. The summed E-state index contributed by atoms with van der Waals surface area (Å²) in [6, 6.07) is 7.88. The molecule has 164 valence electrons. The number of nitrogens with zero attached hydrogens (tertiary/aromatic N) is 1. The minimum Gasteiger partial charge on any atom is -0.480 e. The van der Waals surface area contributed by atoms with Gasteiger partial charge in [-0.15, -0.1) is 11.8 Å². The Morgan fingerprint density at radius 1 is 1.13 bits per heavy atom. The molecule has 9 heteroatoms. The molecule has 0 aliphatic rings. The van der Waals surface area contributed by atoms with Crippen molar-refractivity contribution in [3.8, 4) is 17.2 Å². The Balaban J connectivity index is 2.25. The summed E-state index contributed by atoms with van der Waals surface area (Å²) in [6.07, 6.45) is -3.33. The number of amides is 1.